The van der Waals surface area contributed by atoms with Gasteiger partial charge in [-0.1, -0.05) is 49.4 Å². The Kier molecular flexibility index (Phi) is 7.65. The molecule has 1 aromatic carbocycles. The van der Waals surface area contributed by atoms with Crippen molar-refractivity contribution in [3.05, 3.63) is 76.8 Å². The van der Waals surface area contributed by atoms with E-state index in [4.69, 9.17) is 14.2 Å². The lowest BCUT2D eigenvalue weighted by Gasteiger charge is -2.22. The maximum absolute atomic E-state index is 12.1. The lowest BCUT2D eigenvalue weighted by molar-refractivity contribution is -0.138. The van der Waals surface area contributed by atoms with E-state index in [-0.39, 0.29) is 12.6 Å². The summed E-state index contributed by atoms with van der Waals surface area (Å²) < 4.78 is 16.3. The maximum Gasteiger partial charge on any atom is 0.333 e. The molecule has 1 atom stereocenters. The standard InChI is InChI=1S/C22H24O5/c1-4-17(22(24)26-5-2)13-18-11-12-20(25-3)21(19(18)14-23)27-15-16-9-7-6-8-10-16/h6-13,18H,4-5,15H2,1-3H3. The van der Waals surface area contributed by atoms with E-state index in [1.54, 1.807) is 25.2 Å². The highest BCUT2D eigenvalue weighted by molar-refractivity contribution is 5.88. The van der Waals surface area contributed by atoms with Gasteiger partial charge in [0, 0.05) is 11.5 Å². The molecule has 1 aliphatic rings. The quantitative estimate of drug-likeness (QED) is 0.396. The van der Waals surface area contributed by atoms with Crippen LogP contribution in [0.1, 0.15) is 25.8 Å². The van der Waals surface area contributed by atoms with Crippen LogP contribution in [0.3, 0.4) is 0 Å². The Morgan fingerprint density at radius 3 is 2.56 bits per heavy atom. The molecule has 0 heterocycles. The molecule has 0 radical (unpaired) electrons. The Balaban J connectivity index is 2.29. The topological polar surface area (TPSA) is 61.8 Å². The van der Waals surface area contributed by atoms with Crippen molar-refractivity contribution in [2.75, 3.05) is 13.7 Å². The summed E-state index contributed by atoms with van der Waals surface area (Å²) in [5.41, 5.74) is 1.76. The largest absolute Gasteiger partial charge is 0.493 e. The molecule has 0 saturated carbocycles. The lowest BCUT2D eigenvalue weighted by Crippen LogP contribution is -2.15. The number of allylic oxidation sites excluding steroid dienone is 4. The molecule has 142 valence electrons. The highest BCUT2D eigenvalue weighted by Crippen LogP contribution is 2.31. The fourth-order valence-corrected chi connectivity index (χ4v) is 2.71. The van der Waals surface area contributed by atoms with Crippen molar-refractivity contribution in [2.24, 2.45) is 5.92 Å². The molecular formula is C22H24O5. The number of hydrogen-bond donors (Lipinski definition) is 0. The molecular weight excluding hydrogens is 344 g/mol. The molecule has 27 heavy (non-hydrogen) atoms. The summed E-state index contributed by atoms with van der Waals surface area (Å²) in [4.78, 5) is 23.8. The van der Waals surface area contributed by atoms with Gasteiger partial charge >= 0.3 is 5.97 Å². The zero-order chi connectivity index (χ0) is 19.6. The van der Waals surface area contributed by atoms with E-state index in [9.17, 15) is 9.59 Å². The fraction of sp³-hybridized carbons (Fsp3) is 0.318. The van der Waals surface area contributed by atoms with Gasteiger partial charge in [-0.05, 0) is 25.0 Å². The van der Waals surface area contributed by atoms with Crippen molar-refractivity contribution in [3.63, 3.8) is 0 Å². The van der Waals surface area contributed by atoms with Crippen LogP contribution in [-0.4, -0.2) is 25.6 Å². The van der Waals surface area contributed by atoms with Crippen LogP contribution < -0.4 is 0 Å². The van der Waals surface area contributed by atoms with Gasteiger partial charge in [0.15, 0.2) is 11.5 Å². The van der Waals surface area contributed by atoms with Crippen LogP contribution in [0.25, 0.3) is 0 Å². The average Bonchev–Trinajstić information content (AvgIpc) is 2.70. The Labute approximate surface area is 159 Å². The molecule has 0 N–H and O–H groups in total. The van der Waals surface area contributed by atoms with Gasteiger partial charge in [0.25, 0.3) is 0 Å². The molecule has 2 rings (SSSR count). The number of hydrogen-bond acceptors (Lipinski definition) is 5. The zero-order valence-electron chi connectivity index (χ0n) is 15.9. The Morgan fingerprint density at radius 2 is 1.96 bits per heavy atom. The summed E-state index contributed by atoms with van der Waals surface area (Å²) in [7, 11) is 1.51. The van der Waals surface area contributed by atoms with E-state index < -0.39 is 5.92 Å². The summed E-state index contributed by atoms with van der Waals surface area (Å²) >= 11 is 0. The van der Waals surface area contributed by atoms with E-state index in [1.807, 2.05) is 43.2 Å². The summed E-state index contributed by atoms with van der Waals surface area (Å²) in [5.74, 6) is 1.92. The summed E-state index contributed by atoms with van der Waals surface area (Å²) in [6.45, 7) is 4.21. The molecule has 0 aliphatic heterocycles. The molecule has 0 bridgehead atoms. The van der Waals surface area contributed by atoms with E-state index in [0.29, 0.717) is 35.7 Å². The van der Waals surface area contributed by atoms with Gasteiger partial charge in [-0.3, -0.25) is 0 Å². The van der Waals surface area contributed by atoms with E-state index in [2.05, 4.69) is 0 Å². The van der Waals surface area contributed by atoms with E-state index in [1.165, 1.54) is 7.11 Å². The SMILES string of the molecule is CCOC(=O)C(=CC1C=CC(OC)=C(OCc2ccccc2)C1=C=O)CC. The molecule has 5 nitrogen and oxygen atoms in total. The summed E-state index contributed by atoms with van der Waals surface area (Å²) in [6, 6.07) is 9.62. The van der Waals surface area contributed by atoms with E-state index in [0.717, 1.165) is 5.56 Å². The molecule has 1 aliphatic carbocycles. The minimum atomic E-state index is -0.438. The fourth-order valence-electron chi connectivity index (χ4n) is 2.71. The van der Waals surface area contributed by atoms with Gasteiger partial charge in [0.2, 0.25) is 0 Å². The summed E-state index contributed by atoms with van der Waals surface area (Å²) in [5, 5.41) is 0. The number of carbonyl (C=O) groups is 1. The Bertz CT molecular complexity index is 795. The van der Waals surface area contributed by atoms with Crippen molar-refractivity contribution in [1.29, 1.82) is 0 Å². The van der Waals surface area contributed by atoms with Crippen LogP contribution in [-0.2, 0) is 30.4 Å². The van der Waals surface area contributed by atoms with Gasteiger partial charge in [-0.2, -0.15) is 0 Å². The molecule has 1 aromatic rings. The van der Waals surface area contributed by atoms with Crippen LogP contribution in [0.15, 0.2) is 71.2 Å². The number of carbonyl (C=O) groups excluding carboxylic acids is 2. The molecule has 0 fully saturated rings. The van der Waals surface area contributed by atoms with Crippen LogP contribution in [0, 0.1) is 5.92 Å². The first kappa shape index (κ1) is 20.3. The molecule has 5 heteroatoms. The third-order valence-electron chi connectivity index (χ3n) is 4.11. The third kappa shape index (κ3) is 5.22. The smallest absolute Gasteiger partial charge is 0.333 e. The number of esters is 1. The number of rotatable bonds is 8. The highest BCUT2D eigenvalue weighted by atomic mass is 16.5. The molecule has 0 spiro atoms. The van der Waals surface area contributed by atoms with Crippen LogP contribution >= 0.6 is 0 Å². The average molecular weight is 368 g/mol. The Morgan fingerprint density at radius 1 is 1.22 bits per heavy atom. The molecule has 0 saturated heterocycles. The Hall–Kier alpha value is -3.04. The normalized spacial score (nSPS) is 16.8. The summed E-state index contributed by atoms with van der Waals surface area (Å²) in [6.07, 6.45) is 5.73. The maximum atomic E-state index is 12.1. The second-order valence-corrected chi connectivity index (χ2v) is 5.84. The van der Waals surface area contributed by atoms with Crippen molar-refractivity contribution in [2.45, 2.75) is 26.9 Å². The van der Waals surface area contributed by atoms with Gasteiger partial charge in [0.1, 0.15) is 12.5 Å². The first-order chi connectivity index (χ1) is 13.1. The number of ether oxygens (including phenoxy) is 3. The van der Waals surface area contributed by atoms with Crippen molar-refractivity contribution < 1.29 is 23.8 Å². The van der Waals surface area contributed by atoms with Crippen LogP contribution in [0.2, 0.25) is 0 Å². The van der Waals surface area contributed by atoms with Gasteiger partial charge in [-0.15, -0.1) is 0 Å². The van der Waals surface area contributed by atoms with Crippen molar-refractivity contribution in [1.82, 2.24) is 0 Å². The highest BCUT2D eigenvalue weighted by Gasteiger charge is 2.26. The van der Waals surface area contributed by atoms with E-state index >= 15 is 0 Å². The molecule has 1 unspecified atom stereocenters. The minimum Gasteiger partial charge on any atom is -0.493 e. The van der Waals surface area contributed by atoms with Gasteiger partial charge in [0.05, 0.1) is 19.3 Å². The second kappa shape index (κ2) is 10.2. The molecule has 0 aromatic heterocycles. The third-order valence-corrected chi connectivity index (χ3v) is 4.11. The monoisotopic (exact) mass is 368 g/mol. The van der Waals surface area contributed by atoms with Gasteiger partial charge < -0.3 is 14.2 Å². The predicted octanol–water partition coefficient (Wildman–Crippen LogP) is 3.90. The van der Waals surface area contributed by atoms with Gasteiger partial charge in [-0.25, -0.2) is 9.59 Å². The lowest BCUT2D eigenvalue weighted by atomic mass is 9.90. The van der Waals surface area contributed by atoms with Crippen molar-refractivity contribution in [3.8, 4) is 0 Å². The first-order valence-electron chi connectivity index (χ1n) is 8.90. The zero-order valence-corrected chi connectivity index (χ0v) is 15.9. The predicted molar refractivity (Wildman–Crippen MR) is 102 cm³/mol. The van der Waals surface area contributed by atoms with Crippen LogP contribution in [0.4, 0.5) is 0 Å². The van der Waals surface area contributed by atoms with Crippen LogP contribution in [0.5, 0.6) is 0 Å². The number of methoxy groups -OCH3 is 1. The first-order valence-corrected chi connectivity index (χ1v) is 8.90. The minimum absolute atomic E-state index is 0.289. The second-order valence-electron chi connectivity index (χ2n) is 5.84. The van der Waals surface area contributed by atoms with Crippen molar-refractivity contribution >= 4 is 11.9 Å². The number of benzene rings is 1. The molecule has 0 amide bonds.